The molecular formula is C15H19BrN2O2. The van der Waals surface area contributed by atoms with Crippen LogP contribution in [0.4, 0.5) is 0 Å². The molecule has 1 heterocycles. The van der Waals surface area contributed by atoms with Gasteiger partial charge in [-0.15, -0.1) is 0 Å². The van der Waals surface area contributed by atoms with Gasteiger partial charge in [-0.05, 0) is 43.4 Å². The molecule has 0 aliphatic carbocycles. The summed E-state index contributed by atoms with van der Waals surface area (Å²) in [6.45, 7) is 2.67. The fraction of sp³-hybridized carbons (Fsp3) is 0.467. The molecular weight excluding hydrogens is 320 g/mol. The third kappa shape index (κ3) is 3.39. The normalized spacial score (nSPS) is 18.3. The number of nitrogens with two attached hydrogens (primary N) is 1. The topological polar surface area (TPSA) is 63.4 Å². The van der Waals surface area contributed by atoms with Gasteiger partial charge in [-0.3, -0.25) is 9.59 Å². The van der Waals surface area contributed by atoms with E-state index in [9.17, 15) is 9.59 Å². The number of hydrogen-bond donors (Lipinski definition) is 1. The van der Waals surface area contributed by atoms with Gasteiger partial charge >= 0.3 is 0 Å². The SMILES string of the molecule is Cc1cc(CCC(=O)N2CCC[C@H]2C(N)=O)ccc1Br. The van der Waals surface area contributed by atoms with E-state index in [-0.39, 0.29) is 5.91 Å². The van der Waals surface area contributed by atoms with E-state index in [0.29, 0.717) is 25.8 Å². The number of halogens is 1. The van der Waals surface area contributed by atoms with Crippen molar-refractivity contribution >= 4 is 27.7 Å². The summed E-state index contributed by atoms with van der Waals surface area (Å²) in [6.07, 6.45) is 2.66. The van der Waals surface area contributed by atoms with Crippen LogP contribution in [0.2, 0.25) is 0 Å². The van der Waals surface area contributed by atoms with Crippen molar-refractivity contribution in [3.63, 3.8) is 0 Å². The van der Waals surface area contributed by atoms with E-state index in [1.807, 2.05) is 19.1 Å². The van der Waals surface area contributed by atoms with E-state index >= 15 is 0 Å². The van der Waals surface area contributed by atoms with Gasteiger partial charge in [-0.25, -0.2) is 0 Å². The van der Waals surface area contributed by atoms with Crippen LogP contribution in [0, 0.1) is 6.92 Å². The summed E-state index contributed by atoms with van der Waals surface area (Å²) < 4.78 is 1.07. The summed E-state index contributed by atoms with van der Waals surface area (Å²) in [4.78, 5) is 25.1. The summed E-state index contributed by atoms with van der Waals surface area (Å²) in [5.41, 5.74) is 7.62. The van der Waals surface area contributed by atoms with Crippen LogP contribution in [0.3, 0.4) is 0 Å². The Morgan fingerprint density at radius 3 is 2.85 bits per heavy atom. The van der Waals surface area contributed by atoms with Crippen molar-refractivity contribution in [2.75, 3.05) is 6.54 Å². The van der Waals surface area contributed by atoms with Crippen LogP contribution in [-0.4, -0.2) is 29.3 Å². The first kappa shape index (κ1) is 15.0. The van der Waals surface area contributed by atoms with Crippen LogP contribution in [0.25, 0.3) is 0 Å². The van der Waals surface area contributed by atoms with E-state index in [1.165, 1.54) is 0 Å². The number of likely N-dealkylation sites (tertiary alicyclic amines) is 1. The molecule has 1 aromatic carbocycles. The Morgan fingerprint density at radius 1 is 1.45 bits per heavy atom. The zero-order chi connectivity index (χ0) is 14.7. The van der Waals surface area contributed by atoms with Crippen molar-refractivity contribution < 1.29 is 9.59 Å². The fourth-order valence-electron chi connectivity index (χ4n) is 2.62. The summed E-state index contributed by atoms with van der Waals surface area (Å²) in [5, 5.41) is 0. The largest absolute Gasteiger partial charge is 0.368 e. The number of hydrogen-bond acceptors (Lipinski definition) is 2. The highest BCUT2D eigenvalue weighted by molar-refractivity contribution is 9.10. The third-order valence-corrected chi connectivity index (χ3v) is 4.64. The van der Waals surface area contributed by atoms with E-state index in [1.54, 1.807) is 4.90 Å². The molecule has 2 amide bonds. The molecule has 5 heteroatoms. The standard InChI is InChI=1S/C15H19BrN2O2/c1-10-9-11(4-6-12(10)16)5-7-14(19)18-8-2-3-13(18)15(17)20/h4,6,9,13H,2-3,5,7-8H2,1H3,(H2,17,20)/t13-/m0/s1. The number of nitrogens with zero attached hydrogens (tertiary/aromatic N) is 1. The maximum absolute atomic E-state index is 12.2. The second kappa shape index (κ2) is 6.39. The Morgan fingerprint density at radius 2 is 2.20 bits per heavy atom. The molecule has 2 N–H and O–H groups in total. The van der Waals surface area contributed by atoms with Crippen LogP contribution in [0.5, 0.6) is 0 Å². The molecule has 0 unspecified atom stereocenters. The zero-order valence-electron chi connectivity index (χ0n) is 11.6. The van der Waals surface area contributed by atoms with Crippen molar-refractivity contribution in [3.05, 3.63) is 33.8 Å². The number of aryl methyl sites for hydroxylation is 2. The summed E-state index contributed by atoms with van der Waals surface area (Å²) in [5.74, 6) is -0.373. The molecule has 0 aromatic heterocycles. The van der Waals surface area contributed by atoms with Crippen molar-refractivity contribution in [3.8, 4) is 0 Å². The molecule has 1 aliphatic heterocycles. The van der Waals surface area contributed by atoms with Gasteiger partial charge in [0, 0.05) is 17.4 Å². The number of carbonyl (C=O) groups is 2. The van der Waals surface area contributed by atoms with Gasteiger partial charge in [-0.2, -0.15) is 0 Å². The smallest absolute Gasteiger partial charge is 0.240 e. The lowest BCUT2D eigenvalue weighted by Crippen LogP contribution is -2.43. The maximum Gasteiger partial charge on any atom is 0.240 e. The lowest BCUT2D eigenvalue weighted by molar-refractivity contribution is -0.137. The highest BCUT2D eigenvalue weighted by atomic mass is 79.9. The number of benzene rings is 1. The van der Waals surface area contributed by atoms with E-state index in [2.05, 4.69) is 22.0 Å². The highest BCUT2D eigenvalue weighted by Gasteiger charge is 2.32. The molecule has 1 aliphatic rings. The van der Waals surface area contributed by atoms with Gasteiger partial charge in [0.25, 0.3) is 0 Å². The van der Waals surface area contributed by atoms with Crippen LogP contribution >= 0.6 is 15.9 Å². The first-order valence-electron chi connectivity index (χ1n) is 6.83. The molecule has 4 nitrogen and oxygen atoms in total. The van der Waals surface area contributed by atoms with Gasteiger partial charge in [0.05, 0.1) is 0 Å². The van der Waals surface area contributed by atoms with Gasteiger partial charge in [0.2, 0.25) is 11.8 Å². The monoisotopic (exact) mass is 338 g/mol. The van der Waals surface area contributed by atoms with E-state index in [0.717, 1.165) is 22.0 Å². The van der Waals surface area contributed by atoms with Gasteiger partial charge in [0.15, 0.2) is 0 Å². The lowest BCUT2D eigenvalue weighted by Gasteiger charge is -2.22. The van der Waals surface area contributed by atoms with Crippen molar-refractivity contribution in [1.82, 2.24) is 4.90 Å². The van der Waals surface area contributed by atoms with Gasteiger partial charge < -0.3 is 10.6 Å². The molecule has 1 saturated heterocycles. The van der Waals surface area contributed by atoms with Crippen LogP contribution in [-0.2, 0) is 16.0 Å². The molecule has 1 fully saturated rings. The van der Waals surface area contributed by atoms with Crippen LogP contribution in [0.15, 0.2) is 22.7 Å². The second-order valence-corrected chi connectivity index (χ2v) is 6.09. The number of primary amides is 1. The summed E-state index contributed by atoms with van der Waals surface area (Å²) in [6, 6.07) is 5.68. The van der Waals surface area contributed by atoms with Gasteiger partial charge in [-0.1, -0.05) is 28.1 Å². The molecule has 20 heavy (non-hydrogen) atoms. The molecule has 0 radical (unpaired) electrons. The minimum atomic E-state index is -0.408. The predicted molar refractivity (Wildman–Crippen MR) is 81.1 cm³/mol. The molecule has 108 valence electrons. The maximum atomic E-state index is 12.2. The Labute approximate surface area is 127 Å². The molecule has 1 atom stereocenters. The minimum Gasteiger partial charge on any atom is -0.368 e. The zero-order valence-corrected chi connectivity index (χ0v) is 13.1. The molecule has 0 bridgehead atoms. The Hall–Kier alpha value is -1.36. The summed E-state index contributed by atoms with van der Waals surface area (Å²) >= 11 is 3.46. The average molecular weight is 339 g/mol. The summed E-state index contributed by atoms with van der Waals surface area (Å²) in [7, 11) is 0. The van der Waals surface area contributed by atoms with E-state index in [4.69, 9.17) is 5.73 Å². The third-order valence-electron chi connectivity index (χ3n) is 3.75. The Kier molecular flexibility index (Phi) is 4.81. The highest BCUT2D eigenvalue weighted by Crippen LogP contribution is 2.20. The molecule has 1 aromatic rings. The molecule has 0 spiro atoms. The second-order valence-electron chi connectivity index (χ2n) is 5.23. The average Bonchev–Trinajstić information content (AvgIpc) is 2.89. The van der Waals surface area contributed by atoms with Crippen molar-refractivity contribution in [2.24, 2.45) is 5.73 Å². The van der Waals surface area contributed by atoms with Crippen LogP contribution < -0.4 is 5.73 Å². The number of rotatable bonds is 4. The quantitative estimate of drug-likeness (QED) is 0.914. The predicted octanol–water partition coefficient (Wildman–Crippen LogP) is 2.17. The van der Waals surface area contributed by atoms with Crippen molar-refractivity contribution in [2.45, 2.75) is 38.6 Å². The first-order valence-corrected chi connectivity index (χ1v) is 7.62. The Balaban J connectivity index is 1.94. The number of carbonyl (C=O) groups excluding carboxylic acids is 2. The first-order chi connectivity index (χ1) is 9.49. The molecule has 0 saturated carbocycles. The van der Waals surface area contributed by atoms with Crippen molar-refractivity contribution in [1.29, 1.82) is 0 Å². The number of amides is 2. The van der Waals surface area contributed by atoms with E-state index < -0.39 is 11.9 Å². The lowest BCUT2D eigenvalue weighted by atomic mass is 10.1. The minimum absolute atomic E-state index is 0.0203. The Bertz CT molecular complexity index is 531. The molecule has 2 rings (SSSR count). The van der Waals surface area contributed by atoms with Crippen LogP contribution in [0.1, 0.15) is 30.4 Å². The fourth-order valence-corrected chi connectivity index (χ4v) is 2.86. The van der Waals surface area contributed by atoms with Gasteiger partial charge in [0.1, 0.15) is 6.04 Å².